The third kappa shape index (κ3) is 2.84. The van der Waals surface area contributed by atoms with Crippen LogP contribution in [0.25, 0.3) is 0 Å². The fourth-order valence-corrected chi connectivity index (χ4v) is 2.25. The van der Waals surface area contributed by atoms with Gasteiger partial charge in [0, 0.05) is 18.4 Å². The van der Waals surface area contributed by atoms with E-state index < -0.39 is 23.8 Å². The van der Waals surface area contributed by atoms with Crippen LogP contribution in [0.5, 0.6) is 0 Å². The van der Waals surface area contributed by atoms with Gasteiger partial charge >= 0.3 is 0 Å². The molecule has 0 aliphatic rings. The molecule has 0 saturated heterocycles. The molecular weight excluding hydrogens is 294 g/mol. The molecule has 0 aliphatic heterocycles. The van der Waals surface area contributed by atoms with E-state index in [9.17, 15) is 13.9 Å². The van der Waals surface area contributed by atoms with E-state index in [0.29, 0.717) is 5.82 Å². The summed E-state index contributed by atoms with van der Waals surface area (Å²) < 4.78 is 28.4. The number of aromatic nitrogens is 6. The Morgan fingerprint density at radius 2 is 2.14 bits per heavy atom. The first-order valence-electron chi connectivity index (χ1n) is 6.46. The lowest BCUT2D eigenvalue weighted by atomic mass is 9.93. The Kier molecular flexibility index (Phi) is 3.88. The van der Waals surface area contributed by atoms with E-state index in [0.717, 1.165) is 12.1 Å². The Morgan fingerprint density at radius 3 is 2.77 bits per heavy atom. The fraction of sp³-hybridized carbons (Fsp3) is 0.231. The molecule has 2 N–H and O–H groups in total. The Morgan fingerprint density at radius 1 is 1.27 bits per heavy atom. The van der Waals surface area contributed by atoms with E-state index in [2.05, 4.69) is 25.3 Å². The van der Waals surface area contributed by atoms with Crippen LogP contribution in [0.1, 0.15) is 23.5 Å². The van der Waals surface area contributed by atoms with Crippen molar-refractivity contribution >= 4 is 0 Å². The molecule has 0 saturated carbocycles. The Hall–Kier alpha value is -2.68. The molecule has 2 aromatic heterocycles. The second-order valence-corrected chi connectivity index (χ2v) is 4.70. The molecular formula is C13H12F2N6O. The van der Waals surface area contributed by atoms with Gasteiger partial charge in [-0.25, -0.2) is 23.4 Å². The predicted molar refractivity (Wildman–Crippen MR) is 70.5 cm³/mol. The molecule has 0 radical (unpaired) electrons. The van der Waals surface area contributed by atoms with Crippen molar-refractivity contribution in [2.75, 3.05) is 0 Å². The van der Waals surface area contributed by atoms with Crippen LogP contribution in [0.4, 0.5) is 8.78 Å². The van der Waals surface area contributed by atoms with Gasteiger partial charge in [0.05, 0.1) is 0 Å². The summed E-state index contributed by atoms with van der Waals surface area (Å²) in [6.07, 6.45) is 2.88. The molecule has 2 atom stereocenters. The second kappa shape index (κ2) is 5.98. The average Bonchev–Trinajstić information content (AvgIpc) is 3.18. The number of benzene rings is 1. The zero-order valence-electron chi connectivity index (χ0n) is 11.3. The molecule has 3 rings (SSSR count). The standard InChI is InChI=1S/C13H12F2N6O/c14-8-1-2-9(11(15)3-8)10(4-12-17-6-18-20-12)13(22)21-7-16-5-19-21/h1-3,5-7,10,13,22H,4H2,(H,17,18,20)/t10-,13+/m0/s1. The lowest BCUT2D eigenvalue weighted by Crippen LogP contribution is -2.21. The second-order valence-electron chi connectivity index (χ2n) is 4.70. The number of nitrogens with zero attached hydrogens (tertiary/aromatic N) is 5. The van der Waals surface area contributed by atoms with Crippen molar-refractivity contribution < 1.29 is 13.9 Å². The predicted octanol–water partition coefficient (Wildman–Crippen LogP) is 1.19. The van der Waals surface area contributed by atoms with Crippen LogP contribution in [0.2, 0.25) is 0 Å². The van der Waals surface area contributed by atoms with E-state index in [1.165, 1.54) is 29.7 Å². The molecule has 0 bridgehead atoms. The summed E-state index contributed by atoms with van der Waals surface area (Å²) in [7, 11) is 0. The molecule has 22 heavy (non-hydrogen) atoms. The van der Waals surface area contributed by atoms with E-state index in [4.69, 9.17) is 0 Å². The maximum atomic E-state index is 14.1. The van der Waals surface area contributed by atoms with Crippen LogP contribution in [0.3, 0.4) is 0 Å². The van der Waals surface area contributed by atoms with Gasteiger partial charge in [-0.3, -0.25) is 5.10 Å². The van der Waals surface area contributed by atoms with Gasteiger partial charge in [-0.05, 0) is 11.6 Å². The number of aliphatic hydroxyl groups excluding tert-OH is 1. The highest BCUT2D eigenvalue weighted by Gasteiger charge is 2.27. The van der Waals surface area contributed by atoms with Crippen molar-refractivity contribution in [1.82, 2.24) is 29.9 Å². The zero-order valence-corrected chi connectivity index (χ0v) is 11.3. The van der Waals surface area contributed by atoms with Crippen LogP contribution in [-0.2, 0) is 6.42 Å². The summed E-state index contributed by atoms with van der Waals surface area (Å²) in [5.74, 6) is -1.71. The molecule has 7 nitrogen and oxygen atoms in total. The van der Waals surface area contributed by atoms with Gasteiger partial charge in [0.1, 0.15) is 36.4 Å². The lowest BCUT2D eigenvalue weighted by molar-refractivity contribution is 0.0587. The van der Waals surface area contributed by atoms with Crippen molar-refractivity contribution in [3.8, 4) is 0 Å². The number of hydrogen-bond donors (Lipinski definition) is 2. The Balaban J connectivity index is 1.98. The van der Waals surface area contributed by atoms with Gasteiger partial charge in [0.2, 0.25) is 0 Å². The third-order valence-corrected chi connectivity index (χ3v) is 3.31. The molecule has 1 aromatic carbocycles. The minimum Gasteiger partial charge on any atom is -0.371 e. The topological polar surface area (TPSA) is 92.5 Å². The molecule has 0 unspecified atom stereocenters. The quantitative estimate of drug-likeness (QED) is 0.738. The normalized spacial score (nSPS) is 14.0. The molecule has 3 aromatic rings. The first-order valence-corrected chi connectivity index (χ1v) is 6.46. The first kappa shape index (κ1) is 14.3. The van der Waals surface area contributed by atoms with Crippen molar-refractivity contribution in [2.24, 2.45) is 0 Å². The summed E-state index contributed by atoms with van der Waals surface area (Å²) in [5, 5.41) is 20.7. The van der Waals surface area contributed by atoms with Crippen LogP contribution < -0.4 is 0 Å². The van der Waals surface area contributed by atoms with E-state index in [-0.39, 0.29) is 12.0 Å². The van der Waals surface area contributed by atoms with Crippen LogP contribution in [0, 0.1) is 11.6 Å². The number of nitrogens with one attached hydrogen (secondary N) is 1. The SMILES string of the molecule is O[C@H]([C@@H](Cc1ncn[nH]1)c1ccc(F)cc1F)n1cncn1. The van der Waals surface area contributed by atoms with Gasteiger partial charge < -0.3 is 5.11 Å². The maximum absolute atomic E-state index is 14.1. The number of rotatable bonds is 5. The van der Waals surface area contributed by atoms with Gasteiger partial charge in [-0.1, -0.05) is 6.07 Å². The molecule has 0 spiro atoms. The maximum Gasteiger partial charge on any atom is 0.156 e. The van der Waals surface area contributed by atoms with E-state index >= 15 is 0 Å². The Labute approximate surface area is 123 Å². The van der Waals surface area contributed by atoms with Gasteiger partial charge in [-0.2, -0.15) is 10.2 Å². The van der Waals surface area contributed by atoms with Crippen molar-refractivity contribution in [1.29, 1.82) is 0 Å². The molecule has 0 fully saturated rings. The summed E-state index contributed by atoms with van der Waals surface area (Å²) in [6, 6.07) is 3.21. The highest BCUT2D eigenvalue weighted by atomic mass is 19.1. The monoisotopic (exact) mass is 306 g/mol. The highest BCUT2D eigenvalue weighted by Crippen LogP contribution is 2.31. The Bertz CT molecular complexity index is 731. The van der Waals surface area contributed by atoms with Crippen molar-refractivity contribution in [3.05, 3.63) is 60.2 Å². The van der Waals surface area contributed by atoms with Crippen LogP contribution >= 0.6 is 0 Å². The van der Waals surface area contributed by atoms with Crippen molar-refractivity contribution in [3.63, 3.8) is 0 Å². The largest absolute Gasteiger partial charge is 0.371 e. The number of hydrogen-bond acceptors (Lipinski definition) is 5. The zero-order chi connectivity index (χ0) is 15.5. The minimum absolute atomic E-state index is 0.154. The fourth-order valence-electron chi connectivity index (χ4n) is 2.25. The number of H-pyrrole nitrogens is 1. The first-order chi connectivity index (χ1) is 10.6. The van der Waals surface area contributed by atoms with E-state index in [1.54, 1.807) is 0 Å². The molecule has 0 aliphatic carbocycles. The molecule has 2 heterocycles. The number of halogens is 2. The molecule has 0 amide bonds. The van der Waals surface area contributed by atoms with Gasteiger partial charge in [0.25, 0.3) is 0 Å². The smallest absolute Gasteiger partial charge is 0.156 e. The average molecular weight is 306 g/mol. The highest BCUT2D eigenvalue weighted by molar-refractivity contribution is 5.24. The minimum atomic E-state index is -1.19. The summed E-state index contributed by atoms with van der Waals surface area (Å²) in [4.78, 5) is 7.73. The lowest BCUT2D eigenvalue weighted by Gasteiger charge is -2.23. The number of aromatic amines is 1. The van der Waals surface area contributed by atoms with Crippen molar-refractivity contribution in [2.45, 2.75) is 18.6 Å². The van der Waals surface area contributed by atoms with Crippen LogP contribution in [0.15, 0.2) is 37.2 Å². The van der Waals surface area contributed by atoms with Gasteiger partial charge in [0.15, 0.2) is 6.23 Å². The summed E-state index contributed by atoms with van der Waals surface area (Å²) in [5.41, 5.74) is 0.154. The summed E-state index contributed by atoms with van der Waals surface area (Å²) >= 11 is 0. The summed E-state index contributed by atoms with van der Waals surface area (Å²) in [6.45, 7) is 0. The molecule has 114 valence electrons. The van der Waals surface area contributed by atoms with Crippen LogP contribution in [-0.4, -0.2) is 35.1 Å². The van der Waals surface area contributed by atoms with E-state index in [1.807, 2.05) is 0 Å². The third-order valence-electron chi connectivity index (χ3n) is 3.31. The molecule has 9 heteroatoms. The van der Waals surface area contributed by atoms with Gasteiger partial charge in [-0.15, -0.1) is 0 Å². The number of aliphatic hydroxyl groups is 1.